The number of carbonyl (C=O) groups is 1. The van der Waals surface area contributed by atoms with Gasteiger partial charge in [-0.2, -0.15) is 0 Å². The van der Waals surface area contributed by atoms with Gasteiger partial charge < -0.3 is 20.1 Å². The molecule has 3 N–H and O–H groups in total. The number of hydrogen-bond donors (Lipinski definition) is 2. The second-order valence-corrected chi connectivity index (χ2v) is 16.3. The van der Waals surface area contributed by atoms with Gasteiger partial charge in [0.25, 0.3) is 0 Å². The molecule has 0 radical (unpaired) electrons. The van der Waals surface area contributed by atoms with E-state index in [4.69, 9.17) is 24.3 Å². The molecule has 0 heterocycles. The van der Waals surface area contributed by atoms with E-state index in [0.717, 1.165) is 70.6 Å². The molecule has 0 aromatic heterocycles. The lowest BCUT2D eigenvalue weighted by molar-refractivity contribution is -0.154. The van der Waals surface area contributed by atoms with Crippen molar-refractivity contribution < 1.29 is 32.8 Å². The van der Waals surface area contributed by atoms with E-state index in [1.54, 1.807) is 0 Å². The van der Waals surface area contributed by atoms with E-state index < -0.39 is 13.9 Å². The fourth-order valence-electron chi connectivity index (χ4n) is 6.02. The zero-order chi connectivity index (χ0) is 41.6. The molecule has 0 rings (SSSR count). The number of phosphoric ester groups is 1. The van der Waals surface area contributed by atoms with Crippen LogP contribution in [0.15, 0.2) is 72.9 Å². The van der Waals surface area contributed by atoms with Crippen LogP contribution in [0.5, 0.6) is 0 Å². The number of rotatable bonds is 43. The molecule has 0 amide bonds. The van der Waals surface area contributed by atoms with Gasteiger partial charge in [0, 0.05) is 19.6 Å². The molecule has 0 aromatic rings. The number of allylic oxidation sites excluding steroid dienone is 12. The number of unbranched alkanes of at least 4 members (excludes halogenated alkanes) is 18. The molecule has 330 valence electrons. The summed E-state index contributed by atoms with van der Waals surface area (Å²) < 4.78 is 33.4. The van der Waals surface area contributed by atoms with E-state index in [1.165, 1.54) is 96.3 Å². The van der Waals surface area contributed by atoms with Crippen molar-refractivity contribution in [1.82, 2.24) is 0 Å². The predicted octanol–water partition coefficient (Wildman–Crippen LogP) is 13.9. The molecule has 0 bridgehead atoms. The van der Waals surface area contributed by atoms with Crippen LogP contribution in [-0.2, 0) is 27.9 Å². The number of carbonyl (C=O) groups excluding carboxylic acids is 1. The van der Waals surface area contributed by atoms with Crippen LogP contribution < -0.4 is 5.73 Å². The topological polar surface area (TPSA) is 117 Å². The maximum absolute atomic E-state index is 12.6. The van der Waals surface area contributed by atoms with Gasteiger partial charge in [-0.3, -0.25) is 13.8 Å². The van der Waals surface area contributed by atoms with Crippen LogP contribution in [0, 0.1) is 0 Å². The lowest BCUT2D eigenvalue weighted by atomic mass is 10.1. The first-order valence-corrected chi connectivity index (χ1v) is 24.4. The van der Waals surface area contributed by atoms with Crippen LogP contribution in [-0.4, -0.2) is 49.9 Å². The van der Waals surface area contributed by atoms with Gasteiger partial charge in [-0.05, 0) is 83.5 Å². The summed E-state index contributed by atoms with van der Waals surface area (Å²) in [6.45, 7) is 4.76. The number of nitrogens with two attached hydrogens (primary N) is 1. The van der Waals surface area contributed by atoms with Gasteiger partial charge in [-0.15, -0.1) is 0 Å². The van der Waals surface area contributed by atoms with Gasteiger partial charge in [0.05, 0.1) is 19.8 Å². The Morgan fingerprint density at radius 2 is 0.982 bits per heavy atom. The Bertz CT molecular complexity index is 1100. The highest BCUT2D eigenvalue weighted by atomic mass is 31.2. The summed E-state index contributed by atoms with van der Waals surface area (Å²) in [5.41, 5.74) is 5.37. The Balaban J connectivity index is 3.99. The van der Waals surface area contributed by atoms with Crippen molar-refractivity contribution in [3.8, 4) is 0 Å². The van der Waals surface area contributed by atoms with Crippen LogP contribution >= 0.6 is 7.82 Å². The Morgan fingerprint density at radius 3 is 1.49 bits per heavy atom. The fraction of sp³-hybridized carbons (Fsp3) is 0.729. The molecule has 2 unspecified atom stereocenters. The molecule has 2 atom stereocenters. The molecule has 8 nitrogen and oxygen atoms in total. The Morgan fingerprint density at radius 1 is 0.544 bits per heavy atom. The van der Waals surface area contributed by atoms with Gasteiger partial charge in [0.1, 0.15) is 6.10 Å². The van der Waals surface area contributed by atoms with E-state index in [9.17, 15) is 14.3 Å². The highest BCUT2D eigenvalue weighted by molar-refractivity contribution is 7.47. The largest absolute Gasteiger partial charge is 0.472 e. The minimum absolute atomic E-state index is 0.0953. The van der Waals surface area contributed by atoms with Crippen molar-refractivity contribution in [2.75, 3.05) is 33.0 Å². The molecule has 0 aliphatic heterocycles. The third-order valence-corrected chi connectivity index (χ3v) is 10.3. The summed E-state index contributed by atoms with van der Waals surface area (Å²) in [6, 6.07) is 0. The summed E-state index contributed by atoms with van der Waals surface area (Å²) in [4.78, 5) is 22.5. The van der Waals surface area contributed by atoms with Crippen molar-refractivity contribution in [3.63, 3.8) is 0 Å². The van der Waals surface area contributed by atoms with Gasteiger partial charge in [0.2, 0.25) is 0 Å². The normalized spacial score (nSPS) is 14.1. The third kappa shape index (κ3) is 44.9. The van der Waals surface area contributed by atoms with Crippen molar-refractivity contribution in [2.24, 2.45) is 5.73 Å². The van der Waals surface area contributed by atoms with E-state index in [-0.39, 0.29) is 32.3 Å². The number of esters is 1. The van der Waals surface area contributed by atoms with E-state index in [2.05, 4.69) is 86.8 Å². The minimum atomic E-state index is -4.28. The summed E-state index contributed by atoms with van der Waals surface area (Å²) in [6.07, 6.45) is 56.4. The second-order valence-electron chi connectivity index (χ2n) is 14.9. The number of hydrogen-bond acceptors (Lipinski definition) is 7. The quantitative estimate of drug-likeness (QED) is 0.0270. The zero-order valence-electron chi connectivity index (χ0n) is 36.6. The number of ether oxygens (including phenoxy) is 2. The first kappa shape index (κ1) is 54.9. The summed E-state index contributed by atoms with van der Waals surface area (Å²) in [5.74, 6) is -0.342. The Hall–Kier alpha value is -2.06. The van der Waals surface area contributed by atoms with Gasteiger partial charge in [-0.25, -0.2) is 4.57 Å². The van der Waals surface area contributed by atoms with Crippen LogP contribution in [0.2, 0.25) is 0 Å². The van der Waals surface area contributed by atoms with E-state index >= 15 is 0 Å². The summed E-state index contributed by atoms with van der Waals surface area (Å²) in [5, 5.41) is 0. The van der Waals surface area contributed by atoms with Crippen LogP contribution in [0.1, 0.15) is 187 Å². The highest BCUT2D eigenvalue weighted by Gasteiger charge is 2.25. The zero-order valence-corrected chi connectivity index (χ0v) is 37.4. The van der Waals surface area contributed by atoms with Crippen molar-refractivity contribution in [3.05, 3.63) is 72.9 Å². The van der Waals surface area contributed by atoms with Crippen LogP contribution in [0.25, 0.3) is 0 Å². The Labute approximate surface area is 350 Å². The smallest absolute Gasteiger partial charge is 0.457 e. The van der Waals surface area contributed by atoms with Crippen molar-refractivity contribution in [1.29, 1.82) is 0 Å². The summed E-state index contributed by atoms with van der Waals surface area (Å²) in [7, 11) is -4.28. The molecule has 9 heteroatoms. The predicted molar refractivity (Wildman–Crippen MR) is 242 cm³/mol. The van der Waals surface area contributed by atoms with Gasteiger partial charge in [-0.1, -0.05) is 170 Å². The molecule has 0 fully saturated rings. The van der Waals surface area contributed by atoms with Crippen molar-refractivity contribution in [2.45, 2.75) is 193 Å². The Kier molecular flexibility index (Phi) is 43.4. The first-order valence-electron chi connectivity index (χ1n) is 22.9. The van der Waals surface area contributed by atoms with E-state index in [1.807, 2.05) is 0 Å². The number of phosphoric acid groups is 1. The average molecular weight is 820 g/mol. The lowest BCUT2D eigenvalue weighted by Gasteiger charge is -2.20. The third-order valence-electron chi connectivity index (χ3n) is 9.36. The molecule has 0 aliphatic carbocycles. The summed E-state index contributed by atoms with van der Waals surface area (Å²) >= 11 is 0. The molecular weight excluding hydrogens is 734 g/mol. The molecule has 57 heavy (non-hydrogen) atoms. The molecule has 0 aliphatic rings. The first-order chi connectivity index (χ1) is 27.9. The van der Waals surface area contributed by atoms with Crippen LogP contribution in [0.4, 0.5) is 0 Å². The SMILES string of the molecule is CC/C=C\C/C=C\C/C=C\C/C=C\C/C=C\CCCCCCCCCCCC(=O)OC(COCCCCCCCC/C=C\CCCCC)COP(=O)(O)OCCN. The van der Waals surface area contributed by atoms with Gasteiger partial charge in [0.15, 0.2) is 0 Å². The lowest BCUT2D eigenvalue weighted by Crippen LogP contribution is -2.28. The molecule has 0 saturated carbocycles. The maximum Gasteiger partial charge on any atom is 0.472 e. The van der Waals surface area contributed by atoms with Gasteiger partial charge >= 0.3 is 13.8 Å². The van der Waals surface area contributed by atoms with E-state index in [0.29, 0.717) is 13.0 Å². The maximum atomic E-state index is 12.6. The standard InChI is InChI=1S/C48H86NO7P/c1-3-5-7-9-11-13-15-17-18-19-20-21-22-23-24-25-26-27-28-29-31-33-35-37-39-41-48(50)56-47(46-55-57(51,52)54-44-42-49)45-53-43-40-38-36-34-32-30-16-14-12-10-8-6-4-2/h5,7,11-14,17-18,20-21,23-24,47H,3-4,6,8-10,15-16,19,22,25-46,49H2,1-2H3,(H,51,52)/b7-5-,13-11-,14-12-,18-17-,21-20-,24-23-. The fourth-order valence-corrected chi connectivity index (χ4v) is 6.78. The minimum Gasteiger partial charge on any atom is -0.457 e. The van der Waals surface area contributed by atoms with Crippen LogP contribution in [0.3, 0.4) is 0 Å². The molecule has 0 aromatic carbocycles. The molecule has 0 saturated heterocycles. The van der Waals surface area contributed by atoms with Crippen molar-refractivity contribution >= 4 is 13.8 Å². The molecule has 0 spiro atoms. The molecular formula is C48H86NO7P. The average Bonchev–Trinajstić information content (AvgIpc) is 3.20. The second kappa shape index (κ2) is 45.0. The monoisotopic (exact) mass is 820 g/mol. The highest BCUT2D eigenvalue weighted by Crippen LogP contribution is 2.43.